The van der Waals surface area contributed by atoms with Gasteiger partial charge in [-0.25, -0.2) is 4.98 Å². The number of hydrogen-bond acceptors (Lipinski definition) is 5. The lowest BCUT2D eigenvalue weighted by atomic mass is 10.3. The van der Waals surface area contributed by atoms with Gasteiger partial charge < -0.3 is 0 Å². The third kappa shape index (κ3) is 1.67. The van der Waals surface area contributed by atoms with Crippen LogP contribution in [0.25, 0.3) is 11.4 Å². The van der Waals surface area contributed by atoms with Gasteiger partial charge in [-0.1, -0.05) is 0 Å². The van der Waals surface area contributed by atoms with Crippen LogP contribution in [0.4, 0.5) is 0 Å². The van der Waals surface area contributed by atoms with Crippen LogP contribution in [0.2, 0.25) is 0 Å². The van der Waals surface area contributed by atoms with Crippen molar-refractivity contribution in [2.45, 2.75) is 5.03 Å². The van der Waals surface area contributed by atoms with Crippen molar-refractivity contribution < 1.29 is 0 Å². The van der Waals surface area contributed by atoms with Crippen molar-refractivity contribution in [1.29, 1.82) is 0 Å². The molecule has 1 N–H and O–H groups in total. The molecule has 0 aromatic carbocycles. The lowest BCUT2D eigenvalue weighted by molar-refractivity contribution is 0.881. The second kappa shape index (κ2) is 3.53. The first-order chi connectivity index (χ1) is 6.40. The molecular weight excluding hydrogens is 186 g/mol. The van der Waals surface area contributed by atoms with Gasteiger partial charge in [0, 0.05) is 11.8 Å². The van der Waals surface area contributed by atoms with Crippen LogP contribution in [0.3, 0.4) is 0 Å². The van der Waals surface area contributed by atoms with E-state index < -0.39 is 0 Å². The molecule has 2 aromatic rings. The lowest BCUT2D eigenvalue weighted by Crippen LogP contribution is -1.84. The van der Waals surface area contributed by atoms with Crippen LogP contribution in [0.15, 0.2) is 23.4 Å². The molecule has 2 rings (SSSR count). The molecule has 0 atom stereocenters. The van der Waals surface area contributed by atoms with E-state index >= 15 is 0 Å². The number of nitrogens with one attached hydrogen (secondary N) is 1. The zero-order chi connectivity index (χ0) is 9.10. The Labute approximate surface area is 79.0 Å². The second-order valence-electron chi connectivity index (χ2n) is 2.32. The fraction of sp³-hybridized carbons (Fsp3) is 0.143. The summed E-state index contributed by atoms with van der Waals surface area (Å²) in [4.78, 5) is 4.19. The Bertz CT molecular complexity index is 368. The quantitative estimate of drug-likeness (QED) is 0.720. The van der Waals surface area contributed by atoms with E-state index in [-0.39, 0.29) is 0 Å². The Kier molecular flexibility index (Phi) is 2.22. The van der Waals surface area contributed by atoms with E-state index in [4.69, 9.17) is 0 Å². The van der Waals surface area contributed by atoms with Crippen molar-refractivity contribution in [2.75, 3.05) is 6.26 Å². The molecule has 2 heterocycles. The summed E-state index contributed by atoms with van der Waals surface area (Å²) in [7, 11) is 0. The summed E-state index contributed by atoms with van der Waals surface area (Å²) in [5.41, 5.74) is 0.867. The standard InChI is InChI=1S/C7H7N5S/c1-13-6-3-2-5(4-8-6)7-9-11-12-10-7/h2-4H,1H3,(H,9,10,11,12). The van der Waals surface area contributed by atoms with Crippen LogP contribution >= 0.6 is 11.8 Å². The number of rotatable bonds is 2. The molecule has 5 nitrogen and oxygen atoms in total. The van der Waals surface area contributed by atoms with Crippen molar-refractivity contribution in [3.8, 4) is 11.4 Å². The van der Waals surface area contributed by atoms with E-state index in [1.165, 1.54) is 0 Å². The van der Waals surface area contributed by atoms with Gasteiger partial charge in [-0.2, -0.15) is 5.21 Å². The fourth-order valence-corrected chi connectivity index (χ4v) is 1.28. The highest BCUT2D eigenvalue weighted by molar-refractivity contribution is 7.98. The van der Waals surface area contributed by atoms with E-state index in [9.17, 15) is 0 Å². The summed E-state index contributed by atoms with van der Waals surface area (Å²) in [5.74, 6) is 0.570. The highest BCUT2D eigenvalue weighted by Gasteiger charge is 2.02. The molecule has 0 saturated heterocycles. The number of nitrogens with zero attached hydrogens (tertiary/aromatic N) is 4. The Balaban J connectivity index is 2.33. The smallest absolute Gasteiger partial charge is 0.206 e. The van der Waals surface area contributed by atoms with Gasteiger partial charge >= 0.3 is 0 Å². The Hall–Kier alpha value is -1.43. The molecule has 0 fully saturated rings. The van der Waals surface area contributed by atoms with Crippen LogP contribution in [0.1, 0.15) is 0 Å². The largest absolute Gasteiger partial charge is 0.249 e. The SMILES string of the molecule is CSc1ccc(-c2nn[nH]n2)cn1. The Morgan fingerprint density at radius 2 is 2.31 bits per heavy atom. The van der Waals surface area contributed by atoms with Crippen molar-refractivity contribution >= 4 is 11.8 Å². The van der Waals surface area contributed by atoms with Crippen LogP contribution in [-0.2, 0) is 0 Å². The Morgan fingerprint density at radius 3 is 2.85 bits per heavy atom. The zero-order valence-corrected chi connectivity index (χ0v) is 7.75. The topological polar surface area (TPSA) is 67.3 Å². The van der Waals surface area contributed by atoms with Gasteiger partial charge in [0.15, 0.2) is 0 Å². The van der Waals surface area contributed by atoms with E-state index in [1.807, 2.05) is 18.4 Å². The van der Waals surface area contributed by atoms with Gasteiger partial charge in [0.25, 0.3) is 0 Å². The van der Waals surface area contributed by atoms with Gasteiger partial charge in [0.1, 0.15) is 0 Å². The summed E-state index contributed by atoms with van der Waals surface area (Å²) in [5, 5.41) is 14.5. The first kappa shape index (κ1) is 8.18. The van der Waals surface area contributed by atoms with E-state index in [1.54, 1.807) is 18.0 Å². The lowest BCUT2D eigenvalue weighted by Gasteiger charge is -1.95. The minimum absolute atomic E-state index is 0.570. The van der Waals surface area contributed by atoms with Crippen molar-refractivity contribution in [2.24, 2.45) is 0 Å². The van der Waals surface area contributed by atoms with Crippen LogP contribution in [0.5, 0.6) is 0 Å². The molecule has 0 bridgehead atoms. The molecule has 13 heavy (non-hydrogen) atoms. The maximum Gasteiger partial charge on any atom is 0.206 e. The number of hydrogen-bond donors (Lipinski definition) is 1. The molecule has 0 spiro atoms. The normalized spacial score (nSPS) is 10.2. The molecule has 2 aromatic heterocycles. The minimum Gasteiger partial charge on any atom is -0.249 e. The molecule has 0 saturated carbocycles. The molecule has 0 aliphatic rings. The molecule has 66 valence electrons. The van der Waals surface area contributed by atoms with Crippen LogP contribution < -0.4 is 0 Å². The summed E-state index contributed by atoms with van der Waals surface area (Å²) in [6, 6.07) is 3.85. The summed E-state index contributed by atoms with van der Waals surface area (Å²) < 4.78 is 0. The molecule has 0 amide bonds. The van der Waals surface area contributed by atoms with Gasteiger partial charge in [-0.05, 0) is 23.6 Å². The average Bonchev–Trinajstić information content (AvgIpc) is 2.71. The predicted octanol–water partition coefficient (Wildman–Crippen LogP) is 0.984. The zero-order valence-electron chi connectivity index (χ0n) is 6.93. The highest BCUT2D eigenvalue weighted by Crippen LogP contribution is 2.16. The fourth-order valence-electron chi connectivity index (χ4n) is 0.917. The van der Waals surface area contributed by atoms with E-state index in [0.717, 1.165) is 10.6 Å². The molecular formula is C7H7N5S. The predicted molar refractivity (Wildman–Crippen MR) is 49.2 cm³/mol. The van der Waals surface area contributed by atoms with E-state index in [2.05, 4.69) is 25.6 Å². The molecule has 0 radical (unpaired) electrons. The van der Waals surface area contributed by atoms with Gasteiger partial charge in [-0.3, -0.25) is 0 Å². The van der Waals surface area contributed by atoms with Crippen molar-refractivity contribution in [3.63, 3.8) is 0 Å². The summed E-state index contributed by atoms with van der Waals surface area (Å²) in [6.45, 7) is 0. The van der Waals surface area contributed by atoms with Gasteiger partial charge in [0.2, 0.25) is 5.82 Å². The highest BCUT2D eigenvalue weighted by atomic mass is 32.2. The van der Waals surface area contributed by atoms with Gasteiger partial charge in [0.05, 0.1) is 5.03 Å². The molecule has 0 aliphatic carbocycles. The first-order valence-corrected chi connectivity index (χ1v) is 4.86. The van der Waals surface area contributed by atoms with Crippen molar-refractivity contribution in [1.82, 2.24) is 25.6 Å². The number of aromatic amines is 1. The van der Waals surface area contributed by atoms with Gasteiger partial charge in [-0.15, -0.1) is 22.0 Å². The van der Waals surface area contributed by atoms with Crippen molar-refractivity contribution in [3.05, 3.63) is 18.3 Å². The number of aromatic nitrogens is 5. The van der Waals surface area contributed by atoms with Crippen LogP contribution in [0, 0.1) is 0 Å². The average molecular weight is 193 g/mol. The summed E-state index contributed by atoms with van der Waals surface area (Å²) >= 11 is 1.60. The summed E-state index contributed by atoms with van der Waals surface area (Å²) in [6.07, 6.45) is 3.72. The molecule has 0 aliphatic heterocycles. The molecule has 6 heteroatoms. The number of pyridine rings is 1. The first-order valence-electron chi connectivity index (χ1n) is 3.64. The van der Waals surface area contributed by atoms with E-state index in [0.29, 0.717) is 5.82 Å². The number of H-pyrrole nitrogens is 1. The minimum atomic E-state index is 0.570. The monoisotopic (exact) mass is 193 g/mol. The number of thioether (sulfide) groups is 1. The maximum atomic E-state index is 4.19. The number of tetrazole rings is 1. The van der Waals surface area contributed by atoms with Crippen LogP contribution in [-0.4, -0.2) is 31.9 Å². The maximum absolute atomic E-state index is 4.19. The second-order valence-corrected chi connectivity index (χ2v) is 3.15. The molecule has 0 unspecified atom stereocenters. The third-order valence-corrected chi connectivity index (χ3v) is 2.21. The Morgan fingerprint density at radius 1 is 1.38 bits per heavy atom. The third-order valence-electron chi connectivity index (χ3n) is 1.55.